The maximum absolute atomic E-state index is 12.4. The molecule has 0 bridgehead atoms. The Hall–Kier alpha value is -1.71. The van der Waals surface area contributed by atoms with E-state index in [1.54, 1.807) is 0 Å². The van der Waals surface area contributed by atoms with Crippen LogP contribution in [-0.4, -0.2) is 62.2 Å². The number of piperidine rings is 1. The highest BCUT2D eigenvalue weighted by Crippen LogP contribution is 2.30. The summed E-state index contributed by atoms with van der Waals surface area (Å²) in [5.74, 6) is 3.05. The maximum Gasteiger partial charge on any atom is 0.224 e. The van der Waals surface area contributed by atoms with Crippen LogP contribution in [0.4, 0.5) is 0 Å². The van der Waals surface area contributed by atoms with E-state index < -0.39 is 0 Å². The lowest BCUT2D eigenvalue weighted by Gasteiger charge is -2.31. The molecule has 1 aromatic rings. The summed E-state index contributed by atoms with van der Waals surface area (Å²) in [6.45, 7) is 8.30. The number of hydrogen-bond donors (Lipinski definition) is 2. The van der Waals surface area contributed by atoms with E-state index in [0.717, 1.165) is 37.6 Å². The van der Waals surface area contributed by atoms with E-state index in [1.165, 1.54) is 6.42 Å². The summed E-state index contributed by atoms with van der Waals surface area (Å²) in [5.41, 5.74) is 0. The predicted octanol–water partition coefficient (Wildman–Crippen LogP) is 2.65. The number of ether oxygens (including phenoxy) is 2. The molecule has 2 aliphatic rings. The highest BCUT2D eigenvalue weighted by atomic mass is 127. The molecule has 3 rings (SSSR count). The van der Waals surface area contributed by atoms with Crippen LogP contribution in [0.25, 0.3) is 0 Å². The zero-order chi connectivity index (χ0) is 19.8. The number of nitrogens with zero attached hydrogens (tertiary/aromatic N) is 2. The van der Waals surface area contributed by atoms with Crippen molar-refractivity contribution in [1.29, 1.82) is 0 Å². The molecule has 0 radical (unpaired) electrons. The van der Waals surface area contributed by atoms with Gasteiger partial charge in [0.15, 0.2) is 23.6 Å². The molecule has 1 amide bonds. The highest BCUT2D eigenvalue weighted by molar-refractivity contribution is 14.0. The fourth-order valence-electron chi connectivity index (χ4n) is 3.55. The van der Waals surface area contributed by atoms with E-state index in [-0.39, 0.29) is 36.0 Å². The molecule has 0 aromatic heterocycles. The van der Waals surface area contributed by atoms with Gasteiger partial charge in [-0.05, 0) is 37.8 Å². The van der Waals surface area contributed by atoms with Crippen molar-refractivity contribution in [3.05, 3.63) is 24.3 Å². The summed E-state index contributed by atoms with van der Waals surface area (Å²) in [4.78, 5) is 19.0. The Morgan fingerprint density at radius 1 is 1.28 bits per heavy atom. The first-order chi connectivity index (χ1) is 13.7. The summed E-state index contributed by atoms with van der Waals surface area (Å²) < 4.78 is 11.7. The number of likely N-dealkylation sites (tertiary alicyclic amines) is 1. The summed E-state index contributed by atoms with van der Waals surface area (Å²) >= 11 is 0. The van der Waals surface area contributed by atoms with Crippen molar-refractivity contribution < 1.29 is 14.3 Å². The van der Waals surface area contributed by atoms with Gasteiger partial charge < -0.3 is 25.0 Å². The molecule has 0 saturated carbocycles. The van der Waals surface area contributed by atoms with Gasteiger partial charge in [-0.1, -0.05) is 19.1 Å². The van der Waals surface area contributed by atoms with Crippen LogP contribution in [0.1, 0.15) is 33.1 Å². The molecular formula is C21H33IN4O3. The number of carbonyl (C=O) groups is 1. The number of nitrogens with one attached hydrogen (secondary N) is 2. The molecule has 2 unspecified atom stereocenters. The molecule has 8 heteroatoms. The third-order valence-electron chi connectivity index (χ3n) is 5.01. The third kappa shape index (κ3) is 7.24. The minimum Gasteiger partial charge on any atom is -0.486 e. The second-order valence-electron chi connectivity index (χ2n) is 7.48. The molecule has 1 saturated heterocycles. The highest BCUT2D eigenvalue weighted by Gasteiger charge is 2.21. The van der Waals surface area contributed by atoms with E-state index in [1.807, 2.05) is 36.1 Å². The molecule has 2 N–H and O–H groups in total. The van der Waals surface area contributed by atoms with Crippen LogP contribution in [0.3, 0.4) is 0 Å². The molecule has 1 aromatic carbocycles. The van der Waals surface area contributed by atoms with Crippen molar-refractivity contribution in [2.75, 3.05) is 39.3 Å². The fourth-order valence-corrected chi connectivity index (χ4v) is 3.55. The van der Waals surface area contributed by atoms with Crippen LogP contribution in [0.2, 0.25) is 0 Å². The molecule has 2 atom stereocenters. The Bertz CT molecular complexity index is 686. The van der Waals surface area contributed by atoms with Gasteiger partial charge in [-0.25, -0.2) is 4.99 Å². The van der Waals surface area contributed by atoms with Crippen molar-refractivity contribution in [3.8, 4) is 11.5 Å². The van der Waals surface area contributed by atoms with Crippen LogP contribution in [0, 0.1) is 5.92 Å². The maximum atomic E-state index is 12.4. The minimum absolute atomic E-state index is 0. The van der Waals surface area contributed by atoms with Crippen molar-refractivity contribution in [1.82, 2.24) is 15.5 Å². The number of fused-ring (bicyclic) bond motifs is 1. The van der Waals surface area contributed by atoms with Gasteiger partial charge in [0.25, 0.3) is 0 Å². The Labute approximate surface area is 190 Å². The van der Waals surface area contributed by atoms with Crippen LogP contribution in [0.5, 0.6) is 11.5 Å². The van der Waals surface area contributed by atoms with Gasteiger partial charge >= 0.3 is 0 Å². The Kier molecular flexibility index (Phi) is 9.83. The molecule has 2 aliphatic heterocycles. The number of aliphatic imine (C=N–C) groups is 1. The Morgan fingerprint density at radius 3 is 2.83 bits per heavy atom. The molecule has 0 spiro atoms. The largest absolute Gasteiger partial charge is 0.486 e. The minimum atomic E-state index is -0.123. The van der Waals surface area contributed by atoms with Crippen molar-refractivity contribution >= 4 is 35.8 Å². The topological polar surface area (TPSA) is 75.2 Å². The Balaban J connectivity index is 0.00000300. The van der Waals surface area contributed by atoms with Crippen LogP contribution < -0.4 is 20.1 Å². The van der Waals surface area contributed by atoms with E-state index in [0.29, 0.717) is 38.0 Å². The number of benzene rings is 1. The first kappa shape index (κ1) is 23.6. The quantitative estimate of drug-likeness (QED) is 0.346. The van der Waals surface area contributed by atoms with E-state index in [4.69, 9.17) is 9.47 Å². The molecule has 1 fully saturated rings. The monoisotopic (exact) mass is 516 g/mol. The second-order valence-corrected chi connectivity index (χ2v) is 7.48. The number of para-hydroxylation sites is 2. The van der Waals surface area contributed by atoms with E-state index in [9.17, 15) is 4.79 Å². The molecule has 7 nitrogen and oxygen atoms in total. The van der Waals surface area contributed by atoms with Gasteiger partial charge in [0.2, 0.25) is 5.91 Å². The van der Waals surface area contributed by atoms with Gasteiger partial charge in [-0.2, -0.15) is 0 Å². The van der Waals surface area contributed by atoms with E-state index >= 15 is 0 Å². The fraction of sp³-hybridized carbons (Fsp3) is 0.619. The molecular weight excluding hydrogens is 483 g/mol. The van der Waals surface area contributed by atoms with Gasteiger partial charge in [0, 0.05) is 32.6 Å². The van der Waals surface area contributed by atoms with Gasteiger partial charge in [-0.15, -0.1) is 24.0 Å². The van der Waals surface area contributed by atoms with Gasteiger partial charge in [-0.3, -0.25) is 4.79 Å². The average Bonchev–Trinajstić information content (AvgIpc) is 2.71. The summed E-state index contributed by atoms with van der Waals surface area (Å²) in [5, 5.41) is 6.47. The average molecular weight is 516 g/mol. The normalized spacial score (nSPS) is 21.2. The SMILES string of the molecule is CCNC(=NCC1COc2ccccc2O1)NCCC(=O)N1CCCC(C)C1.I. The summed E-state index contributed by atoms with van der Waals surface area (Å²) in [7, 11) is 0. The Morgan fingerprint density at radius 2 is 2.07 bits per heavy atom. The zero-order valence-electron chi connectivity index (χ0n) is 17.4. The smallest absolute Gasteiger partial charge is 0.224 e. The number of hydrogen-bond acceptors (Lipinski definition) is 4. The van der Waals surface area contributed by atoms with Crippen molar-refractivity contribution in [2.45, 2.75) is 39.2 Å². The standard InChI is InChI=1S/C21H32N4O3.HI/c1-3-22-21(23-11-10-20(26)25-12-6-7-16(2)14-25)24-13-17-15-27-18-8-4-5-9-19(18)28-17;/h4-5,8-9,16-17H,3,6-7,10-15H2,1-2H3,(H2,22,23,24);1H. The predicted molar refractivity (Wildman–Crippen MR) is 125 cm³/mol. The third-order valence-corrected chi connectivity index (χ3v) is 5.01. The van der Waals surface area contributed by atoms with Crippen LogP contribution in [-0.2, 0) is 4.79 Å². The molecule has 2 heterocycles. The number of guanidine groups is 1. The van der Waals surface area contributed by atoms with Gasteiger partial charge in [0.1, 0.15) is 6.61 Å². The van der Waals surface area contributed by atoms with Crippen LogP contribution >= 0.6 is 24.0 Å². The summed E-state index contributed by atoms with van der Waals surface area (Å²) in [6, 6.07) is 7.67. The molecule has 29 heavy (non-hydrogen) atoms. The number of halogens is 1. The first-order valence-corrected chi connectivity index (χ1v) is 10.3. The molecule has 0 aliphatic carbocycles. The second kappa shape index (κ2) is 12.1. The van der Waals surface area contributed by atoms with E-state index in [2.05, 4.69) is 22.5 Å². The first-order valence-electron chi connectivity index (χ1n) is 10.3. The van der Waals surface area contributed by atoms with Crippen molar-refractivity contribution in [3.63, 3.8) is 0 Å². The lowest BCUT2D eigenvalue weighted by atomic mass is 10.00. The lowest BCUT2D eigenvalue weighted by Crippen LogP contribution is -2.43. The number of carbonyl (C=O) groups excluding carboxylic acids is 1. The number of amides is 1. The number of rotatable bonds is 6. The van der Waals surface area contributed by atoms with Crippen LogP contribution in [0.15, 0.2) is 29.3 Å². The van der Waals surface area contributed by atoms with Gasteiger partial charge in [0.05, 0.1) is 6.54 Å². The molecule has 162 valence electrons. The lowest BCUT2D eigenvalue weighted by molar-refractivity contribution is -0.132. The van der Waals surface area contributed by atoms with Crippen molar-refractivity contribution in [2.24, 2.45) is 10.9 Å². The summed E-state index contributed by atoms with van der Waals surface area (Å²) in [6.07, 6.45) is 2.68. The zero-order valence-corrected chi connectivity index (χ0v) is 19.7.